The van der Waals surface area contributed by atoms with Gasteiger partial charge in [-0.2, -0.15) is 4.99 Å². The second-order valence-corrected chi connectivity index (χ2v) is 1.66. The Kier molecular flexibility index (Phi) is 2.66. The third-order valence-corrected chi connectivity index (χ3v) is 0.629. The maximum atomic E-state index is 10.5. The minimum atomic E-state index is -0.632. The van der Waals surface area contributed by atoms with Gasteiger partial charge < -0.3 is 17.2 Å². The molecular weight excluding hydrogens is 120 g/mol. The minimum absolute atomic E-state index is 0.252. The number of hydrogen-bond donors (Lipinski definition) is 3. The molecule has 0 aliphatic heterocycles. The number of guanidine groups is 1. The van der Waals surface area contributed by atoms with Crippen LogP contribution in [-0.2, 0) is 4.79 Å². The first-order chi connectivity index (χ1) is 4.04. The molecule has 9 heavy (non-hydrogen) atoms. The largest absolute Gasteiger partial charge is 0.370 e. The van der Waals surface area contributed by atoms with E-state index in [1.54, 1.807) is 0 Å². The summed E-state index contributed by atoms with van der Waals surface area (Å²) in [7, 11) is 0. The lowest BCUT2D eigenvalue weighted by atomic mass is 10.3. The van der Waals surface area contributed by atoms with Gasteiger partial charge in [-0.3, -0.25) is 4.79 Å². The maximum absolute atomic E-state index is 10.5. The average Bonchev–Trinajstić information content (AvgIpc) is 1.63. The summed E-state index contributed by atoms with van der Waals surface area (Å²) in [6.45, 7) is 1.51. The normalized spacial score (nSPS) is 12.2. The van der Waals surface area contributed by atoms with Gasteiger partial charge in [-0.05, 0) is 6.92 Å². The van der Waals surface area contributed by atoms with Crippen molar-refractivity contribution >= 4 is 11.9 Å². The minimum Gasteiger partial charge on any atom is -0.370 e. The van der Waals surface area contributed by atoms with Crippen molar-refractivity contribution in [1.82, 2.24) is 0 Å². The van der Waals surface area contributed by atoms with Crippen LogP contribution in [0.1, 0.15) is 6.92 Å². The molecule has 0 saturated heterocycles. The smallest absolute Gasteiger partial charge is 0.265 e. The molecule has 0 aromatic carbocycles. The molecule has 0 rings (SSSR count). The number of amides is 1. The van der Waals surface area contributed by atoms with Gasteiger partial charge in [0, 0.05) is 0 Å². The van der Waals surface area contributed by atoms with Gasteiger partial charge in [0.2, 0.25) is 0 Å². The number of carbonyl (C=O) groups excluding carboxylic acids is 1. The lowest BCUT2D eigenvalue weighted by Crippen LogP contribution is -2.30. The number of aliphatic imine (C=N–C) groups is 1. The van der Waals surface area contributed by atoms with E-state index in [1.165, 1.54) is 6.92 Å². The fraction of sp³-hybridized carbons (Fsp3) is 0.500. The zero-order valence-electron chi connectivity index (χ0n) is 5.16. The highest BCUT2D eigenvalue weighted by Gasteiger charge is 2.03. The van der Waals surface area contributed by atoms with E-state index in [0.717, 1.165) is 0 Å². The molecule has 0 aromatic heterocycles. The number of nitrogens with zero attached hydrogens (tertiary/aromatic N) is 1. The second kappa shape index (κ2) is 3.03. The molecule has 0 radical (unpaired) electrons. The predicted octanol–water partition coefficient (Wildman–Crippen LogP) is -1.87. The zero-order chi connectivity index (χ0) is 7.44. The molecule has 0 saturated carbocycles. The monoisotopic (exact) mass is 130 g/mol. The molecule has 0 unspecified atom stereocenters. The van der Waals surface area contributed by atoms with Gasteiger partial charge >= 0.3 is 0 Å². The molecule has 0 bridgehead atoms. The molecule has 0 aliphatic carbocycles. The Morgan fingerprint density at radius 2 is 2.00 bits per heavy atom. The van der Waals surface area contributed by atoms with Gasteiger partial charge in [-0.15, -0.1) is 0 Å². The summed E-state index contributed by atoms with van der Waals surface area (Å²) >= 11 is 0. The molecule has 0 fully saturated rings. The maximum Gasteiger partial charge on any atom is 0.265 e. The Labute approximate surface area is 52.9 Å². The van der Waals surface area contributed by atoms with E-state index in [-0.39, 0.29) is 5.96 Å². The van der Waals surface area contributed by atoms with Crippen LogP contribution >= 0.6 is 0 Å². The number of carbonyl (C=O) groups is 1. The van der Waals surface area contributed by atoms with Gasteiger partial charge in [0.25, 0.3) is 5.91 Å². The topological polar surface area (TPSA) is 107 Å². The Morgan fingerprint density at radius 1 is 1.56 bits per heavy atom. The van der Waals surface area contributed by atoms with Crippen LogP contribution in [-0.4, -0.2) is 17.9 Å². The molecule has 0 heterocycles. The first-order valence-electron chi connectivity index (χ1n) is 2.43. The summed E-state index contributed by atoms with van der Waals surface area (Å²) in [5.74, 6) is -0.757. The fourth-order valence-electron chi connectivity index (χ4n) is 0.229. The van der Waals surface area contributed by atoms with Gasteiger partial charge in [-0.1, -0.05) is 0 Å². The second-order valence-electron chi connectivity index (χ2n) is 1.66. The predicted molar refractivity (Wildman–Crippen MR) is 34.5 cm³/mol. The van der Waals surface area contributed by atoms with E-state index in [9.17, 15) is 4.79 Å². The van der Waals surface area contributed by atoms with Crippen LogP contribution in [0.3, 0.4) is 0 Å². The summed E-state index contributed by atoms with van der Waals surface area (Å²) in [5.41, 5.74) is 14.9. The summed E-state index contributed by atoms with van der Waals surface area (Å²) in [4.78, 5) is 13.7. The lowest BCUT2D eigenvalue weighted by molar-refractivity contribution is -0.118. The van der Waals surface area contributed by atoms with E-state index in [2.05, 4.69) is 4.99 Å². The summed E-state index contributed by atoms with van der Waals surface area (Å²) in [6, 6.07) is -0.632. The highest BCUT2D eigenvalue weighted by molar-refractivity contribution is 5.93. The number of hydrogen-bond acceptors (Lipinski definition) is 2. The van der Waals surface area contributed by atoms with Crippen molar-refractivity contribution in [2.75, 3.05) is 0 Å². The number of rotatable bonds is 1. The van der Waals surface area contributed by atoms with Crippen molar-refractivity contribution in [1.29, 1.82) is 0 Å². The number of nitrogens with two attached hydrogens (primary N) is 3. The van der Waals surface area contributed by atoms with Crippen LogP contribution in [0.4, 0.5) is 0 Å². The van der Waals surface area contributed by atoms with Crippen LogP contribution in [0.25, 0.3) is 0 Å². The van der Waals surface area contributed by atoms with E-state index in [0.29, 0.717) is 0 Å². The molecule has 5 heteroatoms. The van der Waals surface area contributed by atoms with Crippen LogP contribution in [0, 0.1) is 0 Å². The highest BCUT2D eigenvalue weighted by atomic mass is 16.1. The van der Waals surface area contributed by atoms with E-state index in [4.69, 9.17) is 17.2 Å². The van der Waals surface area contributed by atoms with Gasteiger partial charge in [0.05, 0.1) is 6.04 Å². The third kappa shape index (κ3) is 3.48. The van der Waals surface area contributed by atoms with Crippen molar-refractivity contribution in [2.24, 2.45) is 22.2 Å². The standard InChI is InChI=1S/C4H10N4O/c1-2(5)3(9)8-4(6)7/h2H,5H2,1H3,(H4,6,7,8,9)/t2-/m0/s1. The molecule has 5 nitrogen and oxygen atoms in total. The average molecular weight is 130 g/mol. The molecule has 0 aliphatic rings. The molecule has 6 N–H and O–H groups in total. The third-order valence-electron chi connectivity index (χ3n) is 0.629. The van der Waals surface area contributed by atoms with E-state index >= 15 is 0 Å². The van der Waals surface area contributed by atoms with Crippen molar-refractivity contribution in [2.45, 2.75) is 13.0 Å². The van der Waals surface area contributed by atoms with Crippen molar-refractivity contribution in [3.05, 3.63) is 0 Å². The molecule has 1 amide bonds. The Hall–Kier alpha value is -1.10. The summed E-state index contributed by atoms with van der Waals surface area (Å²) < 4.78 is 0. The van der Waals surface area contributed by atoms with E-state index < -0.39 is 11.9 Å². The first kappa shape index (κ1) is 7.90. The highest BCUT2D eigenvalue weighted by Crippen LogP contribution is 1.78. The van der Waals surface area contributed by atoms with Gasteiger partial charge in [0.1, 0.15) is 0 Å². The zero-order valence-corrected chi connectivity index (χ0v) is 5.16. The fourth-order valence-corrected chi connectivity index (χ4v) is 0.229. The van der Waals surface area contributed by atoms with Crippen molar-refractivity contribution < 1.29 is 4.79 Å². The van der Waals surface area contributed by atoms with Crippen molar-refractivity contribution in [3.8, 4) is 0 Å². The van der Waals surface area contributed by atoms with Gasteiger partial charge in [-0.25, -0.2) is 0 Å². The van der Waals surface area contributed by atoms with Crippen LogP contribution in [0.15, 0.2) is 4.99 Å². The van der Waals surface area contributed by atoms with Crippen LogP contribution < -0.4 is 17.2 Å². The Balaban J connectivity index is 3.93. The Morgan fingerprint density at radius 3 is 2.11 bits per heavy atom. The van der Waals surface area contributed by atoms with E-state index in [1.807, 2.05) is 0 Å². The van der Waals surface area contributed by atoms with Gasteiger partial charge in [0.15, 0.2) is 5.96 Å². The molecule has 1 atom stereocenters. The molecule has 0 spiro atoms. The van der Waals surface area contributed by atoms with Crippen LogP contribution in [0.5, 0.6) is 0 Å². The summed E-state index contributed by atoms with van der Waals surface area (Å²) in [5, 5.41) is 0. The first-order valence-corrected chi connectivity index (χ1v) is 2.43. The Bertz CT molecular complexity index is 136. The lowest BCUT2D eigenvalue weighted by Gasteiger charge is -1.96. The summed E-state index contributed by atoms with van der Waals surface area (Å²) in [6.07, 6.45) is 0. The van der Waals surface area contributed by atoms with Crippen LogP contribution in [0.2, 0.25) is 0 Å². The SMILES string of the molecule is C[C@H](N)C(=O)N=C(N)N. The van der Waals surface area contributed by atoms with Crippen molar-refractivity contribution in [3.63, 3.8) is 0 Å². The molecule has 52 valence electrons. The molecular formula is C4H10N4O. The quantitative estimate of drug-likeness (QED) is 0.285. The molecule has 0 aromatic rings.